The Morgan fingerprint density at radius 2 is 2.00 bits per heavy atom. The average Bonchev–Trinajstić information content (AvgIpc) is 2.01. The fraction of sp³-hybridized carbons (Fsp3) is 1.00. The van der Waals surface area contributed by atoms with Gasteiger partial charge in [-0.2, -0.15) is 13.2 Å². The lowest BCUT2D eigenvalue weighted by molar-refractivity contribution is -0.137. The van der Waals surface area contributed by atoms with Crippen LogP contribution in [0.3, 0.4) is 0 Å². The molecule has 1 unspecified atom stereocenters. The van der Waals surface area contributed by atoms with Gasteiger partial charge in [-0.25, -0.2) is 0 Å². The van der Waals surface area contributed by atoms with Crippen LogP contribution in [0.2, 0.25) is 0 Å². The van der Waals surface area contributed by atoms with Crippen molar-refractivity contribution in [3.8, 4) is 0 Å². The van der Waals surface area contributed by atoms with Gasteiger partial charge in [-0.05, 0) is 12.8 Å². The van der Waals surface area contributed by atoms with Crippen molar-refractivity contribution in [2.45, 2.75) is 38.4 Å². The van der Waals surface area contributed by atoms with E-state index in [1.165, 1.54) is 0 Å². The second kappa shape index (κ2) is 6.21. The predicted octanol–water partition coefficient (Wildman–Crippen LogP) is 2.08. The maximum Gasteiger partial charge on any atom is 0.389 e. The second-order valence-corrected chi connectivity index (χ2v) is 2.96. The van der Waals surface area contributed by atoms with Crippen LogP contribution >= 0.6 is 0 Å². The Hall–Kier alpha value is -0.290. The van der Waals surface area contributed by atoms with E-state index in [1.54, 1.807) is 0 Å². The van der Waals surface area contributed by atoms with Gasteiger partial charge in [0.2, 0.25) is 0 Å². The summed E-state index contributed by atoms with van der Waals surface area (Å²) in [4.78, 5) is 0. The maximum absolute atomic E-state index is 11.6. The van der Waals surface area contributed by atoms with Crippen LogP contribution in [0.4, 0.5) is 13.2 Å². The Morgan fingerprint density at radius 1 is 1.38 bits per heavy atom. The lowest BCUT2D eigenvalue weighted by Crippen LogP contribution is -2.25. The number of hydrogen-bond donors (Lipinski definition) is 1. The molecule has 0 fully saturated rings. The molecule has 13 heavy (non-hydrogen) atoms. The normalized spacial score (nSPS) is 14.5. The third kappa shape index (κ3) is 9.63. The molecule has 0 bridgehead atoms. The molecule has 5 heteroatoms. The Balaban J connectivity index is 3.18. The number of rotatable bonds is 6. The Morgan fingerprint density at radius 3 is 2.46 bits per heavy atom. The fourth-order valence-electron chi connectivity index (χ4n) is 0.727. The highest BCUT2D eigenvalue weighted by Gasteiger charge is 2.25. The third-order valence-electron chi connectivity index (χ3n) is 1.61. The van der Waals surface area contributed by atoms with Gasteiger partial charge >= 0.3 is 6.18 Å². The van der Waals surface area contributed by atoms with Gasteiger partial charge < -0.3 is 10.5 Å². The largest absolute Gasteiger partial charge is 0.389 e. The molecule has 0 amide bonds. The molecule has 0 rings (SSSR count). The summed E-state index contributed by atoms with van der Waals surface area (Å²) >= 11 is 0. The maximum atomic E-state index is 11.6. The van der Waals surface area contributed by atoms with Crippen LogP contribution in [-0.2, 0) is 4.74 Å². The van der Waals surface area contributed by atoms with Crippen LogP contribution in [0.25, 0.3) is 0 Å². The Bertz CT molecular complexity index is 127. The average molecular weight is 199 g/mol. The molecule has 0 aromatic carbocycles. The summed E-state index contributed by atoms with van der Waals surface area (Å²) in [7, 11) is 0. The highest BCUT2D eigenvalue weighted by Crippen LogP contribution is 2.20. The number of ether oxygens (including phenoxy) is 1. The topological polar surface area (TPSA) is 35.2 Å². The SMILES string of the molecule is CCC(N)COCCCC(F)(F)F. The first-order chi connectivity index (χ1) is 5.95. The summed E-state index contributed by atoms with van der Waals surface area (Å²) in [6, 6.07) is -0.0640. The summed E-state index contributed by atoms with van der Waals surface area (Å²) < 4.78 is 39.8. The van der Waals surface area contributed by atoms with Crippen molar-refractivity contribution >= 4 is 0 Å². The first-order valence-electron chi connectivity index (χ1n) is 4.35. The molecule has 1 atom stereocenters. The van der Waals surface area contributed by atoms with Crippen LogP contribution in [-0.4, -0.2) is 25.4 Å². The summed E-state index contributed by atoms with van der Waals surface area (Å²) in [6.45, 7) is 2.38. The van der Waals surface area contributed by atoms with Crippen molar-refractivity contribution in [3.63, 3.8) is 0 Å². The van der Waals surface area contributed by atoms with E-state index in [-0.39, 0.29) is 19.1 Å². The van der Waals surface area contributed by atoms with Crippen molar-refractivity contribution in [2.24, 2.45) is 5.73 Å². The molecule has 0 aromatic rings. The predicted molar refractivity (Wildman–Crippen MR) is 44.4 cm³/mol. The Labute approximate surface area is 76.2 Å². The highest BCUT2D eigenvalue weighted by atomic mass is 19.4. The smallest absolute Gasteiger partial charge is 0.380 e. The molecule has 2 nitrogen and oxygen atoms in total. The van der Waals surface area contributed by atoms with Gasteiger partial charge in [0.05, 0.1) is 6.61 Å². The number of alkyl halides is 3. The van der Waals surface area contributed by atoms with Gasteiger partial charge in [-0.3, -0.25) is 0 Å². The number of nitrogens with two attached hydrogens (primary N) is 1. The zero-order chi connectivity index (χ0) is 10.3. The third-order valence-corrected chi connectivity index (χ3v) is 1.61. The van der Waals surface area contributed by atoms with Gasteiger partial charge in [-0.1, -0.05) is 6.92 Å². The zero-order valence-electron chi connectivity index (χ0n) is 7.73. The van der Waals surface area contributed by atoms with E-state index in [4.69, 9.17) is 10.5 Å². The molecule has 0 aliphatic heterocycles. The van der Waals surface area contributed by atoms with E-state index in [9.17, 15) is 13.2 Å². The molecule has 0 saturated heterocycles. The van der Waals surface area contributed by atoms with E-state index < -0.39 is 12.6 Å². The first-order valence-corrected chi connectivity index (χ1v) is 4.35. The molecule has 0 heterocycles. The lowest BCUT2D eigenvalue weighted by atomic mass is 10.2. The van der Waals surface area contributed by atoms with Crippen LogP contribution in [0.15, 0.2) is 0 Å². The van der Waals surface area contributed by atoms with Gasteiger partial charge in [0, 0.05) is 19.1 Å². The van der Waals surface area contributed by atoms with Gasteiger partial charge in [0.15, 0.2) is 0 Å². The molecule has 0 radical (unpaired) electrons. The highest BCUT2D eigenvalue weighted by molar-refractivity contribution is 4.56. The first kappa shape index (κ1) is 12.7. The van der Waals surface area contributed by atoms with E-state index >= 15 is 0 Å². The van der Waals surface area contributed by atoms with Crippen LogP contribution in [0, 0.1) is 0 Å². The standard InChI is InChI=1S/C8H16F3NO/c1-2-7(12)6-13-5-3-4-8(9,10)11/h7H,2-6,12H2,1H3. The van der Waals surface area contributed by atoms with E-state index in [0.717, 1.165) is 6.42 Å². The van der Waals surface area contributed by atoms with Crippen LogP contribution in [0.1, 0.15) is 26.2 Å². The number of hydrogen-bond acceptors (Lipinski definition) is 2. The summed E-state index contributed by atoms with van der Waals surface area (Å²) in [6.07, 6.45) is -4.07. The van der Waals surface area contributed by atoms with E-state index in [1.807, 2.05) is 6.92 Å². The summed E-state index contributed by atoms with van der Waals surface area (Å²) in [5.41, 5.74) is 5.49. The molecule has 0 spiro atoms. The molecule has 0 aliphatic carbocycles. The molecular weight excluding hydrogens is 183 g/mol. The fourth-order valence-corrected chi connectivity index (χ4v) is 0.727. The molecular formula is C8H16F3NO. The van der Waals surface area contributed by atoms with Crippen molar-refractivity contribution in [3.05, 3.63) is 0 Å². The zero-order valence-corrected chi connectivity index (χ0v) is 7.73. The van der Waals surface area contributed by atoms with E-state index in [2.05, 4.69) is 0 Å². The van der Waals surface area contributed by atoms with Crippen molar-refractivity contribution < 1.29 is 17.9 Å². The molecule has 80 valence electrons. The lowest BCUT2D eigenvalue weighted by Gasteiger charge is -2.10. The molecule has 2 N–H and O–H groups in total. The van der Waals surface area contributed by atoms with Crippen molar-refractivity contribution in [1.82, 2.24) is 0 Å². The molecule has 0 aromatic heterocycles. The van der Waals surface area contributed by atoms with Crippen LogP contribution in [0.5, 0.6) is 0 Å². The summed E-state index contributed by atoms with van der Waals surface area (Å²) in [5, 5.41) is 0. The van der Waals surface area contributed by atoms with Gasteiger partial charge in [0.25, 0.3) is 0 Å². The second-order valence-electron chi connectivity index (χ2n) is 2.96. The Kier molecular flexibility index (Phi) is 6.07. The van der Waals surface area contributed by atoms with Gasteiger partial charge in [0.1, 0.15) is 0 Å². The monoisotopic (exact) mass is 199 g/mol. The molecule has 0 saturated carbocycles. The van der Waals surface area contributed by atoms with Crippen molar-refractivity contribution in [1.29, 1.82) is 0 Å². The minimum atomic E-state index is -4.07. The minimum Gasteiger partial charge on any atom is -0.380 e. The van der Waals surface area contributed by atoms with Crippen molar-refractivity contribution in [2.75, 3.05) is 13.2 Å². The van der Waals surface area contributed by atoms with E-state index in [0.29, 0.717) is 6.61 Å². The minimum absolute atomic E-state index is 0.0138. The quantitative estimate of drug-likeness (QED) is 0.665. The molecule has 0 aliphatic rings. The number of halogens is 3. The summed E-state index contributed by atoms with van der Waals surface area (Å²) in [5.74, 6) is 0. The van der Waals surface area contributed by atoms with Crippen LogP contribution < -0.4 is 5.73 Å². The van der Waals surface area contributed by atoms with Gasteiger partial charge in [-0.15, -0.1) is 0 Å².